The number of rotatable bonds is 6. The van der Waals surface area contributed by atoms with Crippen LogP contribution in [0.2, 0.25) is 0 Å². The highest BCUT2D eigenvalue weighted by molar-refractivity contribution is 5.51. The Hall–Kier alpha value is -1.16. The monoisotopic (exact) mass is 262 g/mol. The molecule has 104 valence electrons. The molecule has 0 amide bonds. The van der Waals surface area contributed by atoms with E-state index in [2.05, 4.69) is 31.7 Å². The van der Waals surface area contributed by atoms with Crippen molar-refractivity contribution in [3.63, 3.8) is 0 Å². The van der Waals surface area contributed by atoms with Crippen LogP contribution in [-0.2, 0) is 20.6 Å². The minimum Gasteiger partial charge on any atom is -0.376 e. The van der Waals surface area contributed by atoms with Crippen LogP contribution in [0.5, 0.6) is 0 Å². The highest BCUT2D eigenvalue weighted by atomic mass is 16.6. The minimum atomic E-state index is 0.392. The number of hydrogen-bond acceptors (Lipinski definition) is 3. The van der Waals surface area contributed by atoms with Crippen molar-refractivity contribution in [1.29, 1.82) is 0 Å². The summed E-state index contributed by atoms with van der Waals surface area (Å²) in [7, 11) is 0. The third kappa shape index (κ3) is 5.55. The summed E-state index contributed by atoms with van der Waals surface area (Å²) in [6.45, 7) is 9.16. The molecule has 3 rings (SSSR count). The van der Waals surface area contributed by atoms with Crippen LogP contribution in [-0.4, -0.2) is 38.6 Å². The molecule has 1 aromatic rings. The molecular weight excluding hydrogens is 240 g/mol. The molecule has 0 bridgehead atoms. The van der Waals surface area contributed by atoms with Gasteiger partial charge in [-0.1, -0.05) is 43.8 Å². The predicted molar refractivity (Wildman–Crippen MR) is 76.2 cm³/mol. The van der Waals surface area contributed by atoms with E-state index in [1.165, 1.54) is 11.1 Å². The molecule has 2 atom stereocenters. The van der Waals surface area contributed by atoms with Crippen LogP contribution >= 0.6 is 0 Å². The Bertz CT molecular complexity index is 383. The quantitative estimate of drug-likeness (QED) is 0.739. The average molecular weight is 262 g/mol. The molecule has 3 nitrogen and oxygen atoms in total. The molecule has 1 aromatic carbocycles. The zero-order chi connectivity index (χ0) is 13.5. The third-order valence-electron chi connectivity index (χ3n) is 3.07. The normalized spacial score (nSPS) is 23.2. The van der Waals surface area contributed by atoms with Gasteiger partial charge in [-0.25, -0.2) is 0 Å². The summed E-state index contributed by atoms with van der Waals surface area (Å²) < 4.78 is 15.1. The smallest absolute Gasteiger partial charge is 0.104 e. The van der Waals surface area contributed by atoms with Crippen LogP contribution in [0, 0.1) is 0 Å². The van der Waals surface area contributed by atoms with E-state index in [-0.39, 0.29) is 0 Å². The van der Waals surface area contributed by atoms with Gasteiger partial charge in [-0.05, 0) is 17.5 Å². The Morgan fingerprint density at radius 3 is 2.21 bits per heavy atom. The second-order valence-electron chi connectivity index (χ2n) is 4.70. The molecule has 2 saturated heterocycles. The van der Waals surface area contributed by atoms with Crippen LogP contribution in [0.4, 0.5) is 0 Å². The maximum atomic E-state index is 5.23. The van der Waals surface area contributed by atoms with E-state index in [4.69, 9.17) is 14.2 Å². The molecule has 19 heavy (non-hydrogen) atoms. The maximum Gasteiger partial charge on any atom is 0.104 e. The van der Waals surface area contributed by atoms with Crippen LogP contribution < -0.4 is 0 Å². The summed E-state index contributed by atoms with van der Waals surface area (Å²) in [6, 6.07) is 8.32. The molecular formula is C16H22O3. The van der Waals surface area contributed by atoms with Gasteiger partial charge in [-0.2, -0.15) is 0 Å². The first kappa shape index (κ1) is 14.3. The minimum absolute atomic E-state index is 0.392. The number of hydrogen-bond donors (Lipinski definition) is 0. The van der Waals surface area contributed by atoms with Crippen molar-refractivity contribution >= 4 is 6.08 Å². The lowest BCUT2D eigenvalue weighted by molar-refractivity contribution is 0.102. The summed E-state index contributed by atoms with van der Waals surface area (Å²) in [5, 5.41) is 0. The van der Waals surface area contributed by atoms with Gasteiger partial charge in [-0.3, -0.25) is 0 Å². The van der Waals surface area contributed by atoms with Gasteiger partial charge in [0.2, 0.25) is 0 Å². The van der Waals surface area contributed by atoms with E-state index in [0.717, 1.165) is 32.8 Å². The van der Waals surface area contributed by atoms with Crippen LogP contribution in [0.3, 0.4) is 0 Å². The molecule has 0 aliphatic carbocycles. The summed E-state index contributed by atoms with van der Waals surface area (Å²) >= 11 is 0. The molecule has 2 aliphatic heterocycles. The highest BCUT2D eigenvalue weighted by Crippen LogP contribution is 2.12. The van der Waals surface area contributed by atoms with Crippen LogP contribution in [0.15, 0.2) is 30.8 Å². The van der Waals surface area contributed by atoms with Crippen LogP contribution in [0.1, 0.15) is 18.1 Å². The lowest BCUT2D eigenvalue weighted by atomic mass is 10.1. The zero-order valence-electron chi connectivity index (χ0n) is 11.5. The number of aryl methyl sites for hydroxylation is 1. The molecule has 0 spiro atoms. The molecule has 0 radical (unpaired) electrons. The van der Waals surface area contributed by atoms with E-state index >= 15 is 0 Å². The lowest BCUT2D eigenvalue weighted by Gasteiger charge is -1.99. The van der Waals surface area contributed by atoms with Crippen molar-refractivity contribution < 1.29 is 14.2 Å². The fourth-order valence-electron chi connectivity index (χ4n) is 1.71. The number of epoxide rings is 2. The lowest BCUT2D eigenvalue weighted by Crippen LogP contribution is -2.06. The molecule has 2 unspecified atom stereocenters. The summed E-state index contributed by atoms with van der Waals surface area (Å²) in [5.41, 5.74) is 2.63. The molecule has 3 heteroatoms. The first-order chi connectivity index (χ1) is 9.33. The van der Waals surface area contributed by atoms with Gasteiger partial charge in [0.05, 0.1) is 26.4 Å². The molecule has 0 saturated carbocycles. The van der Waals surface area contributed by atoms with Crippen molar-refractivity contribution in [3.8, 4) is 0 Å². The van der Waals surface area contributed by atoms with E-state index < -0.39 is 0 Å². The maximum absolute atomic E-state index is 5.23. The fraction of sp³-hybridized carbons (Fsp3) is 0.500. The van der Waals surface area contributed by atoms with Gasteiger partial charge in [-0.15, -0.1) is 0 Å². The van der Waals surface area contributed by atoms with Gasteiger partial charge in [0, 0.05) is 0 Å². The van der Waals surface area contributed by atoms with E-state index in [1.807, 2.05) is 12.1 Å². The van der Waals surface area contributed by atoms with Gasteiger partial charge in [0.25, 0.3) is 0 Å². The molecule has 0 aromatic heterocycles. The molecule has 0 N–H and O–H groups in total. The zero-order valence-corrected chi connectivity index (χ0v) is 11.5. The first-order valence-corrected chi connectivity index (χ1v) is 6.84. The predicted octanol–water partition coefficient (Wildman–Crippen LogP) is 2.69. The third-order valence-corrected chi connectivity index (χ3v) is 3.07. The van der Waals surface area contributed by atoms with Gasteiger partial charge >= 0.3 is 0 Å². The Kier molecular flexibility index (Phi) is 5.58. The average Bonchev–Trinajstić information content (AvgIpc) is 3.34. The van der Waals surface area contributed by atoms with Gasteiger partial charge in [0.15, 0.2) is 0 Å². The molecule has 2 heterocycles. The summed E-state index contributed by atoms with van der Waals surface area (Å²) in [5.74, 6) is 0. The Labute approximate surface area is 115 Å². The van der Waals surface area contributed by atoms with E-state index in [9.17, 15) is 0 Å². The highest BCUT2D eigenvalue weighted by Gasteiger charge is 2.26. The van der Waals surface area contributed by atoms with Crippen molar-refractivity contribution in [2.24, 2.45) is 0 Å². The molecule has 2 fully saturated rings. The fourth-order valence-corrected chi connectivity index (χ4v) is 1.71. The van der Waals surface area contributed by atoms with Crippen molar-refractivity contribution in [3.05, 3.63) is 42.0 Å². The van der Waals surface area contributed by atoms with Gasteiger partial charge < -0.3 is 14.2 Å². The van der Waals surface area contributed by atoms with Crippen molar-refractivity contribution in [2.45, 2.75) is 25.6 Å². The number of ether oxygens (including phenoxy) is 3. The topological polar surface area (TPSA) is 34.3 Å². The van der Waals surface area contributed by atoms with Gasteiger partial charge in [0.1, 0.15) is 12.2 Å². The Balaban J connectivity index is 0.000000141. The molecule has 2 aliphatic rings. The Morgan fingerprint density at radius 1 is 1.21 bits per heavy atom. The largest absolute Gasteiger partial charge is 0.376 e. The van der Waals surface area contributed by atoms with E-state index in [0.29, 0.717) is 12.2 Å². The van der Waals surface area contributed by atoms with Crippen molar-refractivity contribution in [2.75, 3.05) is 26.4 Å². The number of benzene rings is 1. The van der Waals surface area contributed by atoms with Crippen molar-refractivity contribution in [1.82, 2.24) is 0 Å². The van der Waals surface area contributed by atoms with E-state index in [1.54, 1.807) is 0 Å². The van der Waals surface area contributed by atoms with Crippen LogP contribution in [0.25, 0.3) is 6.08 Å². The second kappa shape index (κ2) is 7.43. The SMILES string of the molecule is C(OCC1CO1)C1CO1.C=Cc1ccccc1CC. The summed E-state index contributed by atoms with van der Waals surface area (Å²) in [4.78, 5) is 0. The standard InChI is InChI=1S/C10H12.C6H10O3/c1-3-9-7-5-6-8-10(9)4-2;1(5-3-8-5)7-2-6-4-9-6/h3,5-8H,1,4H2,2H3;5-6H,1-4H2. The first-order valence-electron chi connectivity index (χ1n) is 6.84. The summed E-state index contributed by atoms with van der Waals surface area (Å²) in [6.07, 6.45) is 3.77. The Morgan fingerprint density at radius 2 is 1.79 bits per heavy atom. The second-order valence-corrected chi connectivity index (χ2v) is 4.70.